The molecule has 0 atom stereocenters. The van der Waals surface area contributed by atoms with Gasteiger partial charge in [0.05, 0.1) is 32.1 Å². The Labute approximate surface area is 160 Å². The molecule has 2 N–H and O–H groups in total. The molecule has 0 aliphatic carbocycles. The largest absolute Gasteiger partial charge is 0.307 e. The van der Waals surface area contributed by atoms with E-state index in [1.165, 1.54) is 18.3 Å². The first-order chi connectivity index (χ1) is 12.9. The number of aromatic amines is 1. The number of carbonyl (C=O) groups excluding carboxylic acids is 1. The summed E-state index contributed by atoms with van der Waals surface area (Å²) < 4.78 is 0. The van der Waals surface area contributed by atoms with Crippen molar-refractivity contribution in [2.45, 2.75) is 0 Å². The van der Waals surface area contributed by atoms with Gasteiger partial charge in [-0.15, -0.1) is 0 Å². The third-order valence-electron chi connectivity index (χ3n) is 3.47. The zero-order valence-corrected chi connectivity index (χ0v) is 14.8. The Morgan fingerprint density at radius 3 is 2.81 bits per heavy atom. The van der Waals surface area contributed by atoms with Crippen LogP contribution in [0.2, 0.25) is 10.0 Å². The van der Waals surface area contributed by atoms with Gasteiger partial charge >= 0.3 is 5.91 Å². The average molecular weight is 406 g/mol. The lowest BCUT2D eigenvalue weighted by Crippen LogP contribution is -2.24. The molecule has 0 aliphatic rings. The van der Waals surface area contributed by atoms with Gasteiger partial charge in [-0.3, -0.25) is 19.7 Å². The van der Waals surface area contributed by atoms with Crippen LogP contribution in [0.4, 0.5) is 5.69 Å². The number of halogens is 2. The molecule has 1 aromatic heterocycles. The maximum atomic E-state index is 12.1. The molecule has 3 aromatic rings. The van der Waals surface area contributed by atoms with Gasteiger partial charge in [-0.1, -0.05) is 35.3 Å². The van der Waals surface area contributed by atoms with E-state index in [1.54, 1.807) is 18.2 Å². The highest BCUT2D eigenvalue weighted by Gasteiger charge is 2.14. The van der Waals surface area contributed by atoms with Crippen LogP contribution in [0.25, 0.3) is 10.9 Å². The first-order valence-corrected chi connectivity index (χ1v) is 8.08. The number of rotatable bonds is 4. The quantitative estimate of drug-likeness (QED) is 0.391. The minimum absolute atomic E-state index is 0.00467. The summed E-state index contributed by atoms with van der Waals surface area (Å²) in [5.74, 6) is -1.07. The number of nitrogens with zero attached hydrogens (tertiary/aromatic N) is 3. The molecule has 0 saturated heterocycles. The summed E-state index contributed by atoms with van der Waals surface area (Å²) in [5, 5.41) is 15.1. The number of amides is 1. The van der Waals surface area contributed by atoms with Gasteiger partial charge in [0.25, 0.3) is 11.2 Å². The number of benzene rings is 2. The van der Waals surface area contributed by atoms with Crippen molar-refractivity contribution in [2.75, 3.05) is 0 Å². The van der Waals surface area contributed by atoms with E-state index in [-0.39, 0.29) is 27.4 Å². The highest BCUT2D eigenvalue weighted by atomic mass is 35.5. The van der Waals surface area contributed by atoms with Crippen LogP contribution in [0.5, 0.6) is 0 Å². The van der Waals surface area contributed by atoms with Crippen molar-refractivity contribution in [1.29, 1.82) is 0 Å². The number of aromatic nitrogens is 2. The van der Waals surface area contributed by atoms with Gasteiger partial charge in [0.15, 0.2) is 0 Å². The molecule has 0 saturated carbocycles. The molecule has 0 spiro atoms. The number of hydrazone groups is 1. The molecule has 0 fully saturated rings. The maximum absolute atomic E-state index is 12.1. The molecule has 0 unspecified atom stereocenters. The third-order valence-corrected chi connectivity index (χ3v) is 4.30. The van der Waals surface area contributed by atoms with Crippen molar-refractivity contribution in [3.63, 3.8) is 0 Å². The van der Waals surface area contributed by atoms with Crippen LogP contribution in [-0.4, -0.2) is 27.0 Å². The van der Waals surface area contributed by atoms with Crippen molar-refractivity contribution < 1.29 is 9.72 Å². The van der Waals surface area contributed by atoms with E-state index in [9.17, 15) is 19.7 Å². The third kappa shape index (κ3) is 3.94. The summed E-state index contributed by atoms with van der Waals surface area (Å²) in [4.78, 5) is 40.6. The lowest BCUT2D eigenvalue weighted by atomic mass is 10.2. The Balaban J connectivity index is 1.84. The highest BCUT2D eigenvalue weighted by Crippen LogP contribution is 2.24. The second-order valence-electron chi connectivity index (χ2n) is 5.22. The van der Waals surface area contributed by atoms with Crippen LogP contribution < -0.4 is 11.0 Å². The van der Waals surface area contributed by atoms with E-state index in [0.717, 1.165) is 6.07 Å². The van der Waals surface area contributed by atoms with Crippen molar-refractivity contribution in [3.05, 3.63) is 78.3 Å². The van der Waals surface area contributed by atoms with Crippen molar-refractivity contribution in [2.24, 2.45) is 5.10 Å². The average Bonchev–Trinajstić information content (AvgIpc) is 2.64. The first kappa shape index (κ1) is 18.5. The summed E-state index contributed by atoms with van der Waals surface area (Å²) in [6.45, 7) is 0. The van der Waals surface area contributed by atoms with Gasteiger partial charge in [-0.05, 0) is 12.1 Å². The van der Waals surface area contributed by atoms with E-state index in [4.69, 9.17) is 23.2 Å². The molecule has 27 heavy (non-hydrogen) atoms. The minimum Gasteiger partial charge on any atom is -0.302 e. The van der Waals surface area contributed by atoms with E-state index in [0.29, 0.717) is 10.6 Å². The number of non-ortho nitro benzene ring substituents is 1. The fraction of sp³-hybridized carbons (Fsp3) is 0. The molecule has 1 heterocycles. The number of fused-ring (bicyclic) bond motifs is 1. The number of hydrogen-bond acceptors (Lipinski definition) is 6. The first-order valence-electron chi connectivity index (χ1n) is 7.32. The fourth-order valence-electron chi connectivity index (χ4n) is 2.18. The molecule has 0 bridgehead atoms. The van der Waals surface area contributed by atoms with Crippen molar-refractivity contribution in [3.8, 4) is 0 Å². The highest BCUT2D eigenvalue weighted by molar-refractivity contribution is 6.43. The zero-order chi connectivity index (χ0) is 19.6. The molecule has 2 aromatic carbocycles. The van der Waals surface area contributed by atoms with Gasteiger partial charge in [0.1, 0.15) is 0 Å². The molecule has 3 rings (SSSR count). The number of carbonyl (C=O) groups is 1. The smallest absolute Gasteiger partial charge is 0.302 e. The molecular weight excluding hydrogens is 397 g/mol. The summed E-state index contributed by atoms with van der Waals surface area (Å²) in [6, 6.07) is 8.48. The molecule has 0 aliphatic heterocycles. The Hall–Kier alpha value is -3.30. The number of nitrogens with one attached hydrogen (secondary N) is 2. The number of H-pyrrole nitrogens is 1. The van der Waals surface area contributed by atoms with Crippen molar-refractivity contribution >= 4 is 51.9 Å². The van der Waals surface area contributed by atoms with Crippen LogP contribution in [0.3, 0.4) is 0 Å². The molecular formula is C16H9Cl2N5O4. The molecule has 11 heteroatoms. The van der Waals surface area contributed by atoms with Crippen LogP contribution in [0, 0.1) is 10.1 Å². The SMILES string of the molecule is O=C(N/N=C\c1cccc(Cl)c1Cl)c1nc2ccc([N+](=O)[O-])cc2c(=O)[nH]1. The molecule has 136 valence electrons. The molecule has 1 amide bonds. The predicted octanol–water partition coefficient (Wildman–Crippen LogP) is 2.90. The zero-order valence-electron chi connectivity index (χ0n) is 13.3. The topological polar surface area (TPSA) is 130 Å². The lowest BCUT2D eigenvalue weighted by molar-refractivity contribution is -0.384. The van der Waals surface area contributed by atoms with Crippen LogP contribution >= 0.6 is 23.2 Å². The second kappa shape index (κ2) is 7.52. The second-order valence-corrected chi connectivity index (χ2v) is 6.00. The predicted molar refractivity (Wildman–Crippen MR) is 101 cm³/mol. The summed E-state index contributed by atoms with van der Waals surface area (Å²) in [6.07, 6.45) is 1.29. The normalized spacial score (nSPS) is 11.0. The Morgan fingerprint density at radius 2 is 2.07 bits per heavy atom. The van der Waals surface area contributed by atoms with Gasteiger partial charge in [0.2, 0.25) is 5.82 Å². The number of nitro benzene ring substituents is 1. The van der Waals surface area contributed by atoms with E-state index in [1.807, 2.05) is 0 Å². The van der Waals surface area contributed by atoms with Gasteiger partial charge in [0, 0.05) is 17.7 Å². The number of nitro groups is 1. The van der Waals surface area contributed by atoms with Gasteiger partial charge < -0.3 is 4.98 Å². The Morgan fingerprint density at radius 1 is 1.30 bits per heavy atom. The molecule has 0 radical (unpaired) electrons. The van der Waals surface area contributed by atoms with Crippen molar-refractivity contribution in [1.82, 2.24) is 15.4 Å². The van der Waals surface area contributed by atoms with E-state index < -0.39 is 16.4 Å². The lowest BCUT2D eigenvalue weighted by Gasteiger charge is -2.02. The summed E-state index contributed by atoms with van der Waals surface area (Å²) in [7, 11) is 0. The monoisotopic (exact) mass is 405 g/mol. The van der Waals surface area contributed by atoms with E-state index >= 15 is 0 Å². The van der Waals surface area contributed by atoms with E-state index in [2.05, 4.69) is 20.5 Å². The van der Waals surface area contributed by atoms with Crippen LogP contribution in [0.15, 0.2) is 46.3 Å². The van der Waals surface area contributed by atoms with Crippen LogP contribution in [0.1, 0.15) is 16.2 Å². The number of hydrogen-bond donors (Lipinski definition) is 2. The maximum Gasteiger partial charge on any atom is 0.307 e. The Kier molecular flexibility index (Phi) is 5.15. The van der Waals surface area contributed by atoms with Crippen LogP contribution in [-0.2, 0) is 0 Å². The summed E-state index contributed by atoms with van der Waals surface area (Å²) in [5.41, 5.74) is 1.88. The Bertz CT molecular complexity index is 1160. The van der Waals surface area contributed by atoms with Gasteiger partial charge in [-0.25, -0.2) is 10.4 Å². The fourth-order valence-corrected chi connectivity index (χ4v) is 2.54. The summed E-state index contributed by atoms with van der Waals surface area (Å²) >= 11 is 11.9. The molecule has 9 nitrogen and oxygen atoms in total. The minimum atomic E-state index is -0.776. The van der Waals surface area contributed by atoms with Gasteiger partial charge in [-0.2, -0.15) is 5.10 Å². The standard InChI is InChI=1S/C16H9Cl2N5O4/c17-11-3-1-2-8(13(11)18)7-19-22-16(25)14-20-12-5-4-9(23(26)27)6-10(12)15(24)21-14/h1-7H,(H,22,25)(H,20,21,24)/b19-7-.